The number of aromatic nitrogens is 1. The molecule has 0 saturated carbocycles. The molecule has 0 unspecified atom stereocenters. The van der Waals surface area contributed by atoms with E-state index in [0.29, 0.717) is 12.3 Å². The van der Waals surface area contributed by atoms with Gasteiger partial charge in [-0.1, -0.05) is 0 Å². The molecule has 6 nitrogen and oxygen atoms in total. The summed E-state index contributed by atoms with van der Waals surface area (Å²) in [5.41, 5.74) is 0.120. The number of pyridine rings is 1. The van der Waals surface area contributed by atoms with Gasteiger partial charge >= 0.3 is 5.97 Å². The molecule has 1 aromatic heterocycles. The van der Waals surface area contributed by atoms with Crippen molar-refractivity contribution in [3.8, 4) is 6.07 Å². The highest BCUT2D eigenvalue weighted by atomic mass is 16.6. The number of nitriles is 1. The Morgan fingerprint density at radius 1 is 1.44 bits per heavy atom. The average molecular weight is 250 g/mol. The molecule has 1 aromatic rings. The Morgan fingerprint density at radius 2 is 2.17 bits per heavy atom. The third-order valence-electron chi connectivity index (χ3n) is 2.35. The standard InChI is InChI=1S/C12H14N2O4/c1-9-3-4-10(7-13)12(16)14(9)8-11(15)18-6-5-17-2/h3-4H,5-6,8H2,1-2H3. The molecule has 0 aliphatic heterocycles. The quantitative estimate of drug-likeness (QED) is 0.551. The third-order valence-corrected chi connectivity index (χ3v) is 2.35. The van der Waals surface area contributed by atoms with Crippen molar-refractivity contribution in [1.29, 1.82) is 5.26 Å². The second-order valence-electron chi connectivity index (χ2n) is 3.60. The van der Waals surface area contributed by atoms with Crippen molar-refractivity contribution in [1.82, 2.24) is 4.57 Å². The van der Waals surface area contributed by atoms with Crippen molar-refractivity contribution in [2.45, 2.75) is 13.5 Å². The number of hydrogen-bond acceptors (Lipinski definition) is 5. The van der Waals surface area contributed by atoms with Crippen LogP contribution in [-0.2, 0) is 20.8 Å². The highest BCUT2D eigenvalue weighted by Crippen LogP contribution is 1.98. The van der Waals surface area contributed by atoms with E-state index in [4.69, 9.17) is 14.7 Å². The fourth-order valence-corrected chi connectivity index (χ4v) is 1.37. The molecule has 0 radical (unpaired) electrons. The van der Waals surface area contributed by atoms with E-state index in [2.05, 4.69) is 0 Å². The Kier molecular flexibility index (Phi) is 5.08. The molecule has 0 fully saturated rings. The molecule has 0 aromatic carbocycles. The molecule has 1 rings (SSSR count). The van der Waals surface area contributed by atoms with E-state index in [1.54, 1.807) is 19.1 Å². The summed E-state index contributed by atoms with van der Waals surface area (Å²) in [7, 11) is 1.50. The summed E-state index contributed by atoms with van der Waals surface area (Å²) in [6, 6.07) is 4.83. The first-order valence-electron chi connectivity index (χ1n) is 5.35. The second kappa shape index (κ2) is 6.57. The van der Waals surface area contributed by atoms with Crippen molar-refractivity contribution in [2.24, 2.45) is 0 Å². The van der Waals surface area contributed by atoms with Crippen LogP contribution in [0.3, 0.4) is 0 Å². The summed E-state index contributed by atoms with van der Waals surface area (Å²) in [5.74, 6) is -0.535. The van der Waals surface area contributed by atoms with Crippen LogP contribution in [0.15, 0.2) is 16.9 Å². The van der Waals surface area contributed by atoms with Gasteiger partial charge in [0.05, 0.1) is 6.61 Å². The molecule has 0 bridgehead atoms. The van der Waals surface area contributed by atoms with E-state index >= 15 is 0 Å². The van der Waals surface area contributed by atoms with E-state index in [0.717, 1.165) is 0 Å². The first kappa shape index (κ1) is 13.9. The number of carbonyl (C=O) groups excluding carboxylic acids is 1. The average Bonchev–Trinajstić information content (AvgIpc) is 2.35. The van der Waals surface area contributed by atoms with E-state index in [9.17, 15) is 9.59 Å². The largest absolute Gasteiger partial charge is 0.462 e. The number of carbonyl (C=O) groups is 1. The summed E-state index contributed by atoms with van der Waals surface area (Å²) in [6.07, 6.45) is 0. The summed E-state index contributed by atoms with van der Waals surface area (Å²) in [5, 5.41) is 8.75. The SMILES string of the molecule is COCCOC(=O)Cn1c(C)ccc(C#N)c1=O. The Labute approximate surface area is 104 Å². The Morgan fingerprint density at radius 3 is 2.78 bits per heavy atom. The zero-order valence-electron chi connectivity index (χ0n) is 10.3. The second-order valence-corrected chi connectivity index (χ2v) is 3.60. The molecule has 0 amide bonds. The maximum atomic E-state index is 11.8. The first-order valence-corrected chi connectivity index (χ1v) is 5.35. The van der Waals surface area contributed by atoms with Crippen LogP contribution in [0.5, 0.6) is 0 Å². The fourth-order valence-electron chi connectivity index (χ4n) is 1.37. The molecular formula is C12H14N2O4. The lowest BCUT2D eigenvalue weighted by Crippen LogP contribution is -2.29. The van der Waals surface area contributed by atoms with Crippen LogP contribution in [0.4, 0.5) is 0 Å². The molecule has 6 heteroatoms. The maximum Gasteiger partial charge on any atom is 0.326 e. The van der Waals surface area contributed by atoms with Gasteiger partial charge in [0.1, 0.15) is 24.8 Å². The predicted molar refractivity (Wildman–Crippen MR) is 63.0 cm³/mol. The van der Waals surface area contributed by atoms with Crippen molar-refractivity contribution < 1.29 is 14.3 Å². The van der Waals surface area contributed by atoms with Crippen LogP contribution >= 0.6 is 0 Å². The lowest BCUT2D eigenvalue weighted by atomic mass is 10.2. The topological polar surface area (TPSA) is 81.3 Å². The number of hydrogen-bond donors (Lipinski definition) is 0. The number of aryl methyl sites for hydroxylation is 1. The van der Waals surface area contributed by atoms with Crippen molar-refractivity contribution in [3.05, 3.63) is 33.7 Å². The van der Waals surface area contributed by atoms with Crippen LogP contribution in [0.2, 0.25) is 0 Å². The van der Waals surface area contributed by atoms with Gasteiger partial charge in [0, 0.05) is 12.8 Å². The van der Waals surface area contributed by atoms with Crippen molar-refractivity contribution in [3.63, 3.8) is 0 Å². The zero-order valence-corrected chi connectivity index (χ0v) is 10.3. The normalized spacial score (nSPS) is 9.83. The fraction of sp³-hybridized carbons (Fsp3) is 0.417. The maximum absolute atomic E-state index is 11.8. The molecular weight excluding hydrogens is 236 g/mol. The minimum atomic E-state index is -0.535. The van der Waals surface area contributed by atoms with Gasteiger partial charge in [-0.3, -0.25) is 9.59 Å². The summed E-state index contributed by atoms with van der Waals surface area (Å²) < 4.78 is 10.8. The smallest absolute Gasteiger partial charge is 0.326 e. The molecule has 0 saturated heterocycles. The highest BCUT2D eigenvalue weighted by molar-refractivity contribution is 5.69. The molecule has 0 aliphatic carbocycles. The van der Waals surface area contributed by atoms with Crippen LogP contribution < -0.4 is 5.56 Å². The Hall–Kier alpha value is -2.13. The van der Waals surface area contributed by atoms with E-state index in [1.165, 1.54) is 17.7 Å². The van der Waals surface area contributed by atoms with Gasteiger partial charge in [-0.15, -0.1) is 0 Å². The van der Waals surface area contributed by atoms with Gasteiger partial charge in [0.15, 0.2) is 0 Å². The van der Waals surface area contributed by atoms with Gasteiger partial charge in [-0.25, -0.2) is 0 Å². The first-order chi connectivity index (χ1) is 8.60. The van der Waals surface area contributed by atoms with Crippen LogP contribution in [-0.4, -0.2) is 30.9 Å². The van der Waals surface area contributed by atoms with Gasteiger partial charge < -0.3 is 14.0 Å². The monoisotopic (exact) mass is 250 g/mol. The molecule has 96 valence electrons. The molecule has 18 heavy (non-hydrogen) atoms. The Balaban J connectivity index is 2.82. The van der Waals surface area contributed by atoms with Crippen molar-refractivity contribution in [2.75, 3.05) is 20.3 Å². The number of rotatable bonds is 5. The number of nitrogens with zero attached hydrogens (tertiary/aromatic N) is 2. The van der Waals surface area contributed by atoms with Gasteiger partial charge in [-0.2, -0.15) is 5.26 Å². The highest BCUT2D eigenvalue weighted by Gasteiger charge is 2.10. The molecule has 0 atom stereocenters. The van der Waals surface area contributed by atoms with Crippen LogP contribution in [0.25, 0.3) is 0 Å². The van der Waals surface area contributed by atoms with Gasteiger partial charge in [0.2, 0.25) is 0 Å². The summed E-state index contributed by atoms with van der Waals surface area (Å²) in [6.45, 7) is 1.92. The summed E-state index contributed by atoms with van der Waals surface area (Å²) >= 11 is 0. The minimum Gasteiger partial charge on any atom is -0.462 e. The van der Waals surface area contributed by atoms with Crippen LogP contribution in [0, 0.1) is 18.3 Å². The molecule has 0 aliphatic rings. The van der Waals surface area contributed by atoms with Crippen LogP contribution in [0.1, 0.15) is 11.3 Å². The molecule has 1 heterocycles. The summed E-state index contributed by atoms with van der Waals surface area (Å²) in [4.78, 5) is 23.3. The number of ether oxygens (including phenoxy) is 2. The van der Waals surface area contributed by atoms with E-state index < -0.39 is 11.5 Å². The Bertz CT molecular complexity index is 528. The number of esters is 1. The zero-order chi connectivity index (χ0) is 13.5. The van der Waals surface area contributed by atoms with Gasteiger partial charge in [0.25, 0.3) is 5.56 Å². The van der Waals surface area contributed by atoms with Gasteiger partial charge in [-0.05, 0) is 19.1 Å². The lowest BCUT2D eigenvalue weighted by Gasteiger charge is -2.09. The minimum absolute atomic E-state index is 0.00490. The molecule has 0 N–H and O–H groups in total. The lowest BCUT2D eigenvalue weighted by molar-refractivity contribution is -0.145. The van der Waals surface area contributed by atoms with Crippen molar-refractivity contribution >= 4 is 5.97 Å². The third kappa shape index (κ3) is 3.43. The van der Waals surface area contributed by atoms with E-state index in [1.807, 2.05) is 0 Å². The predicted octanol–water partition coefficient (Wildman–Crippen LogP) is 0.218. The number of methoxy groups -OCH3 is 1. The molecule has 0 spiro atoms. The van der Waals surface area contributed by atoms with E-state index in [-0.39, 0.29) is 18.7 Å².